The Morgan fingerprint density at radius 2 is 1.97 bits per heavy atom. The molecule has 2 aliphatic heterocycles. The van der Waals surface area contributed by atoms with E-state index in [0.717, 1.165) is 51.4 Å². The number of carbonyl (C=O) groups excluding carboxylic acids is 1. The molecular formula is C21H30FN3O6S. The number of sulfonamides is 1. The molecule has 1 aromatic rings. The van der Waals surface area contributed by atoms with Gasteiger partial charge in [-0.05, 0) is 25.1 Å². The zero-order valence-electron chi connectivity index (χ0n) is 17.8. The number of carbonyl (C=O) groups is 1. The molecule has 0 aromatic heterocycles. The number of aliphatic hydroxyl groups excluding tert-OH is 1. The highest BCUT2D eigenvalue weighted by atomic mass is 32.2. The van der Waals surface area contributed by atoms with Gasteiger partial charge in [-0.3, -0.25) is 9.69 Å². The smallest absolute Gasteiger partial charge is 0.244 e. The second kappa shape index (κ2) is 11.8. The van der Waals surface area contributed by atoms with Gasteiger partial charge in [-0.25, -0.2) is 17.5 Å². The molecule has 1 saturated heterocycles. The van der Waals surface area contributed by atoms with Gasteiger partial charge in [-0.2, -0.15) is 0 Å². The molecule has 0 saturated carbocycles. The average molecular weight is 472 g/mol. The van der Waals surface area contributed by atoms with Crippen LogP contribution in [0.4, 0.5) is 4.39 Å². The first-order chi connectivity index (χ1) is 15.4. The van der Waals surface area contributed by atoms with E-state index in [1.807, 2.05) is 0 Å². The van der Waals surface area contributed by atoms with E-state index in [1.54, 1.807) is 6.08 Å². The molecule has 11 heteroatoms. The first-order valence-corrected chi connectivity index (χ1v) is 12.2. The number of benzene rings is 1. The summed E-state index contributed by atoms with van der Waals surface area (Å²) in [5.41, 5.74) is 0. The summed E-state index contributed by atoms with van der Waals surface area (Å²) in [6, 6.07) is 4.14. The van der Waals surface area contributed by atoms with Crippen LogP contribution in [0, 0.1) is 5.82 Å². The van der Waals surface area contributed by atoms with Crippen LogP contribution in [0.1, 0.15) is 12.8 Å². The molecule has 3 N–H and O–H groups in total. The monoisotopic (exact) mass is 471 g/mol. The van der Waals surface area contributed by atoms with E-state index < -0.39 is 45.6 Å². The predicted octanol–water partition coefficient (Wildman–Crippen LogP) is 0.0171. The van der Waals surface area contributed by atoms with E-state index >= 15 is 0 Å². The lowest BCUT2D eigenvalue weighted by atomic mass is 10.1. The summed E-state index contributed by atoms with van der Waals surface area (Å²) in [4.78, 5) is 14.0. The second-order valence-corrected chi connectivity index (χ2v) is 9.40. The largest absolute Gasteiger partial charge is 0.394 e. The number of morpholine rings is 1. The summed E-state index contributed by atoms with van der Waals surface area (Å²) in [6.45, 7) is 4.24. The van der Waals surface area contributed by atoms with Crippen LogP contribution < -0.4 is 10.0 Å². The van der Waals surface area contributed by atoms with Gasteiger partial charge in [-0.15, -0.1) is 0 Å². The van der Waals surface area contributed by atoms with Crippen LogP contribution in [0.2, 0.25) is 0 Å². The predicted molar refractivity (Wildman–Crippen MR) is 115 cm³/mol. The van der Waals surface area contributed by atoms with Crippen molar-refractivity contribution in [2.75, 3.05) is 46.0 Å². The maximum absolute atomic E-state index is 13.9. The van der Waals surface area contributed by atoms with Gasteiger partial charge in [0, 0.05) is 19.6 Å². The number of ether oxygens (including phenoxy) is 2. The van der Waals surface area contributed by atoms with Gasteiger partial charge in [0.25, 0.3) is 0 Å². The normalized spacial score (nSPS) is 24.4. The fraction of sp³-hybridized carbons (Fsp3) is 0.571. The average Bonchev–Trinajstić information content (AvgIpc) is 2.78. The number of halogens is 1. The topological polar surface area (TPSA) is 117 Å². The van der Waals surface area contributed by atoms with Crippen molar-refractivity contribution in [2.24, 2.45) is 0 Å². The van der Waals surface area contributed by atoms with Crippen LogP contribution in [0.3, 0.4) is 0 Å². The Hall–Kier alpha value is -1.89. The molecule has 0 bridgehead atoms. The summed E-state index contributed by atoms with van der Waals surface area (Å²) >= 11 is 0. The van der Waals surface area contributed by atoms with Crippen LogP contribution in [0.15, 0.2) is 41.3 Å². The van der Waals surface area contributed by atoms with Crippen LogP contribution in [0.25, 0.3) is 0 Å². The summed E-state index contributed by atoms with van der Waals surface area (Å²) in [7, 11) is -4.16. The lowest BCUT2D eigenvalue weighted by Crippen LogP contribution is -2.49. The van der Waals surface area contributed by atoms with Crippen molar-refractivity contribution in [1.82, 2.24) is 14.9 Å². The molecule has 1 amide bonds. The standard InChI is InChI=1S/C21H30FN3O6S/c22-17-4-1-2-5-20(17)32(28,29)24-18-7-6-16(31-19(18)15-26)14-21(27)23-8-3-9-25-10-12-30-13-11-25/h1-2,4-7,16,18-19,24,26H,3,8-15H2,(H,23,27)/t16-,18+,19-/m0/s1. The molecule has 2 aliphatic rings. The highest BCUT2D eigenvalue weighted by Crippen LogP contribution is 2.19. The van der Waals surface area contributed by atoms with Gasteiger partial charge in [-0.1, -0.05) is 24.3 Å². The summed E-state index contributed by atoms with van der Waals surface area (Å²) in [5.74, 6) is -1.06. The fourth-order valence-corrected chi connectivity index (χ4v) is 4.92. The van der Waals surface area contributed by atoms with E-state index in [9.17, 15) is 22.7 Å². The summed E-state index contributed by atoms with van der Waals surface area (Å²) in [6.07, 6.45) is 2.48. The molecular weight excluding hydrogens is 441 g/mol. The van der Waals surface area contributed by atoms with Crippen molar-refractivity contribution in [3.8, 4) is 0 Å². The van der Waals surface area contributed by atoms with E-state index in [4.69, 9.17) is 9.47 Å². The first-order valence-electron chi connectivity index (χ1n) is 10.7. The third kappa shape index (κ3) is 7.06. The number of aliphatic hydroxyl groups is 1. The zero-order valence-corrected chi connectivity index (χ0v) is 18.6. The zero-order chi connectivity index (χ0) is 23.0. The van der Waals surface area contributed by atoms with Crippen molar-refractivity contribution >= 4 is 15.9 Å². The lowest BCUT2D eigenvalue weighted by Gasteiger charge is -2.31. The van der Waals surface area contributed by atoms with Crippen LogP contribution in [0.5, 0.6) is 0 Å². The quantitative estimate of drug-likeness (QED) is 0.325. The first kappa shape index (κ1) is 24.7. The number of hydrogen-bond acceptors (Lipinski definition) is 7. The third-order valence-corrected chi connectivity index (χ3v) is 6.84. The van der Waals surface area contributed by atoms with E-state index in [-0.39, 0.29) is 12.3 Å². The molecule has 0 spiro atoms. The summed E-state index contributed by atoms with van der Waals surface area (Å²) < 4.78 is 52.2. The highest BCUT2D eigenvalue weighted by Gasteiger charge is 2.32. The number of hydrogen-bond donors (Lipinski definition) is 3. The van der Waals surface area contributed by atoms with E-state index in [2.05, 4.69) is 14.9 Å². The van der Waals surface area contributed by atoms with E-state index in [0.29, 0.717) is 6.54 Å². The highest BCUT2D eigenvalue weighted by molar-refractivity contribution is 7.89. The minimum Gasteiger partial charge on any atom is -0.394 e. The number of nitrogens with one attached hydrogen (secondary N) is 2. The molecule has 0 aliphatic carbocycles. The second-order valence-electron chi connectivity index (χ2n) is 7.72. The van der Waals surface area contributed by atoms with Crippen LogP contribution in [-0.2, 0) is 24.3 Å². The minimum atomic E-state index is -4.16. The molecule has 3 rings (SSSR count). The van der Waals surface area contributed by atoms with Crippen molar-refractivity contribution in [1.29, 1.82) is 0 Å². The SMILES string of the molecule is O=C(C[C@@H]1C=C[C@@H](NS(=O)(=O)c2ccccc2F)[C@H](CO)O1)NCCCN1CCOCC1. The van der Waals surface area contributed by atoms with Gasteiger partial charge in [0.2, 0.25) is 15.9 Å². The Bertz CT molecular complexity index is 891. The molecule has 3 atom stereocenters. The van der Waals surface area contributed by atoms with Crippen molar-refractivity contribution in [2.45, 2.75) is 36.0 Å². The van der Waals surface area contributed by atoms with Crippen molar-refractivity contribution in [3.63, 3.8) is 0 Å². The molecule has 178 valence electrons. The van der Waals surface area contributed by atoms with Gasteiger partial charge >= 0.3 is 0 Å². The van der Waals surface area contributed by atoms with Crippen LogP contribution in [-0.4, -0.2) is 88.6 Å². The lowest BCUT2D eigenvalue weighted by molar-refractivity contribution is -0.125. The third-order valence-electron chi connectivity index (χ3n) is 5.34. The number of nitrogens with zero attached hydrogens (tertiary/aromatic N) is 1. The molecule has 2 heterocycles. The van der Waals surface area contributed by atoms with Gasteiger partial charge in [0.15, 0.2) is 0 Å². The fourth-order valence-electron chi connectivity index (χ4n) is 3.63. The maximum atomic E-state index is 13.9. The van der Waals surface area contributed by atoms with Gasteiger partial charge < -0.3 is 19.9 Å². The molecule has 1 fully saturated rings. The Morgan fingerprint density at radius 3 is 2.69 bits per heavy atom. The molecule has 32 heavy (non-hydrogen) atoms. The Balaban J connectivity index is 1.47. The Kier molecular flexibility index (Phi) is 9.14. The number of rotatable bonds is 10. The number of amides is 1. The molecule has 1 aromatic carbocycles. The van der Waals surface area contributed by atoms with Crippen molar-refractivity contribution < 1.29 is 32.2 Å². The van der Waals surface area contributed by atoms with Gasteiger partial charge in [0.05, 0.1) is 38.4 Å². The maximum Gasteiger partial charge on any atom is 0.244 e. The van der Waals surface area contributed by atoms with Crippen molar-refractivity contribution in [3.05, 3.63) is 42.2 Å². The van der Waals surface area contributed by atoms with Gasteiger partial charge in [0.1, 0.15) is 16.8 Å². The Labute approximate surface area is 187 Å². The minimum absolute atomic E-state index is 0.0529. The summed E-state index contributed by atoms with van der Waals surface area (Å²) in [5, 5.41) is 12.5. The molecule has 0 radical (unpaired) electrons. The van der Waals surface area contributed by atoms with Crippen LogP contribution >= 0.6 is 0 Å². The molecule has 0 unspecified atom stereocenters. The molecule has 9 nitrogen and oxygen atoms in total. The Morgan fingerprint density at radius 1 is 1.22 bits per heavy atom. The van der Waals surface area contributed by atoms with E-state index in [1.165, 1.54) is 18.2 Å².